The van der Waals surface area contributed by atoms with Gasteiger partial charge in [-0.25, -0.2) is 0 Å². The van der Waals surface area contributed by atoms with Crippen molar-refractivity contribution in [3.8, 4) is 0 Å². The van der Waals surface area contributed by atoms with E-state index >= 15 is 0 Å². The van der Waals surface area contributed by atoms with Gasteiger partial charge in [0.2, 0.25) is 0 Å². The molecule has 0 bridgehead atoms. The first kappa shape index (κ1) is 15.3. The van der Waals surface area contributed by atoms with Gasteiger partial charge >= 0.3 is 0 Å². The van der Waals surface area contributed by atoms with E-state index in [2.05, 4.69) is 31.0 Å². The average Bonchev–Trinajstić information content (AvgIpc) is 2.90. The van der Waals surface area contributed by atoms with Crippen molar-refractivity contribution >= 4 is 0 Å². The van der Waals surface area contributed by atoms with Crippen molar-refractivity contribution in [2.45, 2.75) is 59.3 Å². The normalized spacial score (nSPS) is 30.5. The predicted octanol–water partition coefficient (Wildman–Crippen LogP) is 3.52. The minimum absolute atomic E-state index is 0.475. The van der Waals surface area contributed by atoms with E-state index in [-0.39, 0.29) is 0 Å². The zero-order valence-corrected chi connectivity index (χ0v) is 13.4. The Hall–Kier alpha value is -0.0800. The molecule has 19 heavy (non-hydrogen) atoms. The summed E-state index contributed by atoms with van der Waals surface area (Å²) in [6.45, 7) is 13.5. The Kier molecular flexibility index (Phi) is 5.70. The van der Waals surface area contributed by atoms with Gasteiger partial charge in [-0.1, -0.05) is 33.6 Å². The van der Waals surface area contributed by atoms with Crippen LogP contribution in [0.3, 0.4) is 0 Å². The molecule has 2 heteroatoms. The molecule has 1 N–H and O–H groups in total. The Morgan fingerprint density at radius 1 is 1.11 bits per heavy atom. The van der Waals surface area contributed by atoms with Gasteiger partial charge in [0, 0.05) is 26.2 Å². The molecule has 1 saturated carbocycles. The van der Waals surface area contributed by atoms with Crippen molar-refractivity contribution in [2.75, 3.05) is 32.7 Å². The topological polar surface area (TPSA) is 15.3 Å². The smallest absolute Gasteiger partial charge is 0.00477 e. The molecule has 3 atom stereocenters. The number of fused-ring (bicyclic) bond motifs is 1. The van der Waals surface area contributed by atoms with Gasteiger partial charge in [-0.2, -0.15) is 0 Å². The fourth-order valence-corrected chi connectivity index (χ4v) is 4.39. The molecule has 0 spiro atoms. The van der Waals surface area contributed by atoms with Crippen LogP contribution in [-0.4, -0.2) is 37.6 Å². The van der Waals surface area contributed by atoms with Crippen molar-refractivity contribution in [1.82, 2.24) is 10.2 Å². The van der Waals surface area contributed by atoms with Gasteiger partial charge < -0.3 is 10.2 Å². The molecule has 0 radical (unpaired) electrons. The third-order valence-electron chi connectivity index (χ3n) is 5.24. The van der Waals surface area contributed by atoms with Crippen LogP contribution in [0, 0.1) is 17.3 Å². The molecule has 1 aliphatic carbocycles. The molecule has 2 nitrogen and oxygen atoms in total. The molecule has 1 aliphatic heterocycles. The van der Waals surface area contributed by atoms with Crippen LogP contribution < -0.4 is 5.32 Å². The Morgan fingerprint density at radius 2 is 1.79 bits per heavy atom. The quantitative estimate of drug-likeness (QED) is 0.676. The standard InChI is InChI=1S/C17H34N2/c1-4-9-17(3,13-18-10-5-2)14-19-11-15-7-6-8-16(15)12-19/h15-16,18H,4-14H2,1-3H3. The van der Waals surface area contributed by atoms with E-state index in [1.54, 1.807) is 0 Å². The fourth-order valence-electron chi connectivity index (χ4n) is 4.39. The zero-order valence-electron chi connectivity index (χ0n) is 13.4. The molecule has 112 valence electrons. The molecular formula is C17H34N2. The number of likely N-dealkylation sites (tertiary alicyclic amines) is 1. The highest BCUT2D eigenvalue weighted by molar-refractivity contribution is 4.91. The molecular weight excluding hydrogens is 232 g/mol. The summed E-state index contributed by atoms with van der Waals surface area (Å²) in [5.74, 6) is 2.07. The molecule has 2 rings (SSSR count). The summed E-state index contributed by atoms with van der Waals surface area (Å²) in [6, 6.07) is 0. The summed E-state index contributed by atoms with van der Waals surface area (Å²) in [7, 11) is 0. The summed E-state index contributed by atoms with van der Waals surface area (Å²) in [6.07, 6.45) is 8.41. The third kappa shape index (κ3) is 4.19. The lowest BCUT2D eigenvalue weighted by Gasteiger charge is -2.34. The van der Waals surface area contributed by atoms with Gasteiger partial charge in [0.1, 0.15) is 0 Å². The first-order valence-electron chi connectivity index (χ1n) is 8.60. The van der Waals surface area contributed by atoms with Gasteiger partial charge in [-0.05, 0) is 49.5 Å². The second-order valence-electron chi connectivity index (χ2n) is 7.38. The first-order valence-corrected chi connectivity index (χ1v) is 8.60. The molecule has 2 aliphatic rings. The lowest BCUT2D eigenvalue weighted by molar-refractivity contribution is 0.164. The third-order valence-corrected chi connectivity index (χ3v) is 5.24. The van der Waals surface area contributed by atoms with Crippen molar-refractivity contribution in [3.05, 3.63) is 0 Å². The van der Waals surface area contributed by atoms with Crippen LogP contribution in [0.25, 0.3) is 0 Å². The van der Waals surface area contributed by atoms with E-state index in [1.165, 1.54) is 71.2 Å². The Morgan fingerprint density at radius 3 is 2.37 bits per heavy atom. The van der Waals surface area contributed by atoms with Crippen LogP contribution in [0.1, 0.15) is 59.3 Å². The van der Waals surface area contributed by atoms with Crippen LogP contribution in [0.5, 0.6) is 0 Å². The molecule has 0 aromatic carbocycles. The van der Waals surface area contributed by atoms with Crippen molar-refractivity contribution < 1.29 is 0 Å². The minimum atomic E-state index is 0.475. The highest BCUT2D eigenvalue weighted by atomic mass is 15.2. The summed E-state index contributed by atoms with van der Waals surface area (Å²) in [5.41, 5.74) is 0.475. The van der Waals surface area contributed by atoms with Gasteiger partial charge in [0.05, 0.1) is 0 Å². The summed E-state index contributed by atoms with van der Waals surface area (Å²) < 4.78 is 0. The van der Waals surface area contributed by atoms with E-state index in [9.17, 15) is 0 Å². The average molecular weight is 266 g/mol. The maximum Gasteiger partial charge on any atom is 0.00477 e. The monoisotopic (exact) mass is 266 g/mol. The predicted molar refractivity (Wildman–Crippen MR) is 83.4 cm³/mol. The minimum Gasteiger partial charge on any atom is -0.316 e. The number of nitrogens with one attached hydrogen (secondary N) is 1. The number of hydrogen-bond acceptors (Lipinski definition) is 2. The zero-order chi connectivity index (χ0) is 13.7. The Bertz CT molecular complexity index is 254. The first-order chi connectivity index (χ1) is 9.17. The molecule has 3 unspecified atom stereocenters. The largest absolute Gasteiger partial charge is 0.316 e. The van der Waals surface area contributed by atoms with E-state index < -0.39 is 0 Å². The maximum atomic E-state index is 3.66. The van der Waals surface area contributed by atoms with Crippen molar-refractivity contribution in [1.29, 1.82) is 0 Å². The molecule has 2 fully saturated rings. The molecule has 1 saturated heterocycles. The van der Waals surface area contributed by atoms with Gasteiger partial charge in [-0.3, -0.25) is 0 Å². The van der Waals surface area contributed by atoms with Gasteiger partial charge in [-0.15, -0.1) is 0 Å². The Balaban J connectivity index is 1.82. The molecule has 0 amide bonds. The summed E-state index contributed by atoms with van der Waals surface area (Å²) in [5, 5.41) is 3.66. The van der Waals surface area contributed by atoms with E-state index in [4.69, 9.17) is 0 Å². The van der Waals surface area contributed by atoms with Crippen LogP contribution in [0.4, 0.5) is 0 Å². The van der Waals surface area contributed by atoms with E-state index in [0.29, 0.717) is 5.41 Å². The van der Waals surface area contributed by atoms with Crippen LogP contribution in [-0.2, 0) is 0 Å². The Labute approximate surface area is 120 Å². The second kappa shape index (κ2) is 7.08. The van der Waals surface area contributed by atoms with Gasteiger partial charge in [0.15, 0.2) is 0 Å². The highest BCUT2D eigenvalue weighted by Crippen LogP contribution is 2.39. The van der Waals surface area contributed by atoms with E-state index in [1.807, 2.05) is 0 Å². The van der Waals surface area contributed by atoms with Crippen molar-refractivity contribution in [3.63, 3.8) is 0 Å². The molecule has 0 aromatic rings. The fraction of sp³-hybridized carbons (Fsp3) is 1.00. The summed E-state index contributed by atoms with van der Waals surface area (Å²) in [4.78, 5) is 2.78. The number of hydrogen-bond donors (Lipinski definition) is 1. The lowest BCUT2D eigenvalue weighted by Crippen LogP contribution is -2.42. The lowest BCUT2D eigenvalue weighted by atomic mass is 9.84. The SMILES string of the molecule is CCCNCC(C)(CCC)CN1CC2CCCC2C1. The van der Waals surface area contributed by atoms with Crippen LogP contribution in [0.2, 0.25) is 0 Å². The number of rotatable bonds is 8. The molecule has 1 heterocycles. The highest BCUT2D eigenvalue weighted by Gasteiger charge is 2.38. The number of nitrogens with zero attached hydrogens (tertiary/aromatic N) is 1. The van der Waals surface area contributed by atoms with Gasteiger partial charge in [0.25, 0.3) is 0 Å². The second-order valence-corrected chi connectivity index (χ2v) is 7.38. The maximum absolute atomic E-state index is 3.66. The van der Waals surface area contributed by atoms with Crippen LogP contribution >= 0.6 is 0 Å². The summed E-state index contributed by atoms with van der Waals surface area (Å²) >= 11 is 0. The van der Waals surface area contributed by atoms with Crippen molar-refractivity contribution in [2.24, 2.45) is 17.3 Å². The molecule has 0 aromatic heterocycles. The van der Waals surface area contributed by atoms with E-state index in [0.717, 1.165) is 11.8 Å². The van der Waals surface area contributed by atoms with Crippen LogP contribution in [0.15, 0.2) is 0 Å².